The summed E-state index contributed by atoms with van der Waals surface area (Å²) >= 11 is 2.85. The lowest BCUT2D eigenvalue weighted by atomic mass is 10.2. The smallest absolute Gasteiger partial charge is 0.250 e. The van der Waals surface area contributed by atoms with Crippen molar-refractivity contribution < 1.29 is 8.42 Å². The van der Waals surface area contributed by atoms with Gasteiger partial charge in [0.25, 0.3) is 10.0 Å². The Labute approximate surface area is 127 Å². The molecule has 2 aromatic rings. The highest BCUT2D eigenvalue weighted by Gasteiger charge is 2.22. The van der Waals surface area contributed by atoms with Gasteiger partial charge < -0.3 is 5.73 Å². The Kier molecular flexibility index (Phi) is 5.34. The Hall–Kier alpha value is -0.730. The van der Waals surface area contributed by atoms with Gasteiger partial charge in [-0.05, 0) is 43.0 Å². The zero-order valence-electron chi connectivity index (χ0n) is 11.2. The monoisotopic (exact) mass is 330 g/mol. The number of nitrogens with one attached hydrogen (secondary N) is 1. The van der Waals surface area contributed by atoms with Crippen molar-refractivity contribution in [1.29, 1.82) is 0 Å². The summed E-state index contributed by atoms with van der Waals surface area (Å²) in [6.45, 7) is 2.50. The van der Waals surface area contributed by atoms with E-state index < -0.39 is 10.0 Å². The third-order valence-electron chi connectivity index (χ3n) is 2.88. The first-order chi connectivity index (χ1) is 9.56. The number of hydrogen-bond acceptors (Lipinski definition) is 5. The van der Waals surface area contributed by atoms with Crippen molar-refractivity contribution in [2.45, 2.75) is 30.0 Å². The second-order valence-corrected chi connectivity index (χ2v) is 8.45. The summed E-state index contributed by atoms with van der Waals surface area (Å²) in [7, 11) is -3.46. The molecule has 0 aliphatic rings. The van der Waals surface area contributed by atoms with E-state index in [4.69, 9.17) is 5.73 Å². The number of nitrogens with two attached hydrogens (primary N) is 1. The fraction of sp³-hybridized carbons (Fsp3) is 0.385. The molecule has 110 valence electrons. The third-order valence-corrected chi connectivity index (χ3v) is 6.98. The van der Waals surface area contributed by atoms with Crippen LogP contribution in [0.3, 0.4) is 0 Å². The van der Waals surface area contributed by atoms with Crippen LogP contribution in [0.2, 0.25) is 0 Å². The van der Waals surface area contributed by atoms with E-state index in [0.29, 0.717) is 17.2 Å². The van der Waals surface area contributed by atoms with Crippen LogP contribution in [0.4, 0.5) is 0 Å². The predicted octanol–water partition coefficient (Wildman–Crippen LogP) is 2.74. The molecule has 0 amide bonds. The van der Waals surface area contributed by atoms with Crippen LogP contribution in [0.5, 0.6) is 0 Å². The average molecular weight is 330 g/mol. The molecule has 3 N–H and O–H groups in total. The zero-order valence-corrected chi connectivity index (χ0v) is 13.7. The van der Waals surface area contributed by atoms with E-state index in [9.17, 15) is 8.42 Å². The molecule has 0 aliphatic carbocycles. The van der Waals surface area contributed by atoms with Gasteiger partial charge in [-0.3, -0.25) is 0 Å². The van der Waals surface area contributed by atoms with E-state index in [0.717, 1.165) is 16.2 Å². The summed E-state index contributed by atoms with van der Waals surface area (Å²) in [4.78, 5) is 2.03. The Bertz CT molecular complexity index is 632. The van der Waals surface area contributed by atoms with Crippen molar-refractivity contribution in [3.05, 3.63) is 39.4 Å². The van der Waals surface area contributed by atoms with Gasteiger partial charge in [-0.15, -0.1) is 22.7 Å². The molecule has 2 heterocycles. The van der Waals surface area contributed by atoms with Gasteiger partial charge in [-0.1, -0.05) is 13.0 Å². The minimum Gasteiger partial charge on any atom is -0.330 e. The molecule has 0 spiro atoms. The lowest BCUT2D eigenvalue weighted by Gasteiger charge is -2.14. The van der Waals surface area contributed by atoms with Crippen LogP contribution in [-0.4, -0.2) is 15.0 Å². The molecular formula is C13H18N2O2S3. The van der Waals surface area contributed by atoms with Gasteiger partial charge in [-0.2, -0.15) is 0 Å². The first-order valence-electron chi connectivity index (χ1n) is 6.41. The third kappa shape index (κ3) is 3.67. The van der Waals surface area contributed by atoms with Crippen LogP contribution in [-0.2, 0) is 16.4 Å². The van der Waals surface area contributed by atoms with E-state index >= 15 is 0 Å². The molecule has 0 bridgehead atoms. The van der Waals surface area contributed by atoms with E-state index in [1.807, 2.05) is 30.5 Å². The van der Waals surface area contributed by atoms with Crippen LogP contribution >= 0.6 is 22.7 Å². The maximum Gasteiger partial charge on any atom is 0.250 e. The maximum atomic E-state index is 12.4. The highest BCUT2D eigenvalue weighted by Crippen LogP contribution is 2.27. The Morgan fingerprint density at radius 3 is 2.75 bits per heavy atom. The second-order valence-electron chi connectivity index (χ2n) is 4.36. The highest BCUT2D eigenvalue weighted by atomic mass is 32.2. The van der Waals surface area contributed by atoms with Gasteiger partial charge in [0.2, 0.25) is 0 Å². The van der Waals surface area contributed by atoms with E-state index in [1.54, 1.807) is 17.4 Å². The first-order valence-corrected chi connectivity index (χ1v) is 9.59. The maximum absolute atomic E-state index is 12.4. The summed E-state index contributed by atoms with van der Waals surface area (Å²) in [6, 6.07) is 7.20. The fourth-order valence-corrected chi connectivity index (χ4v) is 5.48. The van der Waals surface area contributed by atoms with E-state index in [-0.39, 0.29) is 6.04 Å². The molecule has 2 rings (SSSR count). The van der Waals surface area contributed by atoms with Crippen molar-refractivity contribution in [2.75, 3.05) is 6.54 Å². The van der Waals surface area contributed by atoms with E-state index in [1.165, 1.54) is 11.3 Å². The highest BCUT2D eigenvalue weighted by molar-refractivity contribution is 7.91. The molecule has 0 fully saturated rings. The van der Waals surface area contributed by atoms with Gasteiger partial charge in [0.05, 0.1) is 6.04 Å². The van der Waals surface area contributed by atoms with Crippen molar-refractivity contribution in [1.82, 2.24) is 4.72 Å². The van der Waals surface area contributed by atoms with Gasteiger partial charge >= 0.3 is 0 Å². The molecule has 0 aliphatic heterocycles. The predicted molar refractivity (Wildman–Crippen MR) is 84.7 cm³/mol. The quantitative estimate of drug-likeness (QED) is 0.820. The Morgan fingerprint density at radius 2 is 2.15 bits per heavy atom. The summed E-state index contributed by atoms with van der Waals surface area (Å²) < 4.78 is 27.9. The van der Waals surface area contributed by atoms with Gasteiger partial charge in [0.1, 0.15) is 4.21 Å². The summed E-state index contributed by atoms with van der Waals surface area (Å²) in [5.41, 5.74) is 5.49. The minimum absolute atomic E-state index is 0.167. The van der Waals surface area contributed by atoms with Crippen molar-refractivity contribution in [3.63, 3.8) is 0 Å². The molecular weight excluding hydrogens is 312 g/mol. The molecule has 20 heavy (non-hydrogen) atoms. The molecule has 0 aromatic carbocycles. The van der Waals surface area contributed by atoms with Crippen molar-refractivity contribution >= 4 is 32.7 Å². The summed E-state index contributed by atoms with van der Waals surface area (Å²) in [6.07, 6.45) is 1.43. The Balaban J connectivity index is 2.17. The molecule has 4 nitrogen and oxygen atoms in total. The number of thiophene rings is 2. The first kappa shape index (κ1) is 15.7. The molecule has 0 radical (unpaired) electrons. The Morgan fingerprint density at radius 1 is 1.35 bits per heavy atom. The van der Waals surface area contributed by atoms with Crippen LogP contribution in [0.15, 0.2) is 33.9 Å². The molecule has 7 heteroatoms. The number of rotatable bonds is 7. The topological polar surface area (TPSA) is 72.2 Å². The minimum atomic E-state index is -3.46. The summed E-state index contributed by atoms with van der Waals surface area (Å²) in [5, 5.41) is 1.96. The fourth-order valence-electron chi connectivity index (χ4n) is 1.86. The second kappa shape index (κ2) is 6.82. The normalized spacial score (nSPS) is 13.5. The van der Waals surface area contributed by atoms with Crippen LogP contribution < -0.4 is 10.5 Å². The average Bonchev–Trinajstić information content (AvgIpc) is 3.07. The molecule has 1 unspecified atom stereocenters. The molecule has 1 atom stereocenters. The van der Waals surface area contributed by atoms with E-state index in [2.05, 4.69) is 4.72 Å². The van der Waals surface area contributed by atoms with Gasteiger partial charge in [-0.25, -0.2) is 13.1 Å². The zero-order chi connectivity index (χ0) is 14.6. The van der Waals surface area contributed by atoms with Crippen LogP contribution in [0.25, 0.3) is 0 Å². The molecule has 2 aromatic heterocycles. The van der Waals surface area contributed by atoms with Crippen molar-refractivity contribution in [3.8, 4) is 0 Å². The van der Waals surface area contributed by atoms with Crippen LogP contribution in [0.1, 0.15) is 29.1 Å². The van der Waals surface area contributed by atoms with Gasteiger partial charge in [0, 0.05) is 9.75 Å². The standard InChI is InChI=1S/C13H18N2O2S3/c1-2-11(12-4-3-9-18-12)15-20(16,17)13-6-5-10(19-13)7-8-14/h3-6,9,11,15H,2,7-8,14H2,1H3. The SMILES string of the molecule is CCC(NS(=O)(=O)c1ccc(CCN)s1)c1cccs1. The number of hydrogen-bond donors (Lipinski definition) is 2. The largest absolute Gasteiger partial charge is 0.330 e. The number of sulfonamides is 1. The lowest BCUT2D eigenvalue weighted by molar-refractivity contribution is 0.555. The summed E-state index contributed by atoms with van der Waals surface area (Å²) in [5.74, 6) is 0. The molecule has 0 saturated carbocycles. The van der Waals surface area contributed by atoms with Crippen molar-refractivity contribution in [2.24, 2.45) is 5.73 Å². The lowest BCUT2D eigenvalue weighted by Crippen LogP contribution is -2.27. The van der Waals surface area contributed by atoms with Gasteiger partial charge in [0.15, 0.2) is 0 Å². The van der Waals surface area contributed by atoms with Crippen LogP contribution in [0, 0.1) is 0 Å². The molecule has 0 saturated heterocycles.